The molecule has 0 aromatic rings. The largest absolute Gasteiger partial charge is 0.349 e. The van der Waals surface area contributed by atoms with Crippen molar-refractivity contribution in [3.8, 4) is 0 Å². The quantitative estimate of drug-likeness (QED) is 0.512. The van der Waals surface area contributed by atoms with Gasteiger partial charge in [-0.2, -0.15) is 0 Å². The van der Waals surface area contributed by atoms with E-state index >= 15 is 0 Å². The summed E-state index contributed by atoms with van der Waals surface area (Å²) in [4.78, 5) is 0. The monoisotopic (exact) mass is 144 g/mol. The lowest BCUT2D eigenvalue weighted by Gasteiger charge is -2.24. The Balaban J connectivity index is 2.32. The SMILES string of the molecule is CC(C)B1CCO[C@H](F)C1. The Bertz CT molecular complexity index is 108. The number of hydrogen-bond acceptors (Lipinski definition) is 1. The summed E-state index contributed by atoms with van der Waals surface area (Å²) in [7, 11) is 0. The lowest BCUT2D eigenvalue weighted by atomic mass is 9.37. The molecule has 1 saturated heterocycles. The molecule has 1 aliphatic rings. The molecule has 0 aromatic carbocycles. The third-order valence-corrected chi connectivity index (χ3v) is 2.22. The second-order valence-corrected chi connectivity index (χ2v) is 3.31. The van der Waals surface area contributed by atoms with Crippen molar-refractivity contribution in [1.82, 2.24) is 0 Å². The average Bonchev–Trinajstić information content (AvgIpc) is 1.88. The molecule has 1 heterocycles. The summed E-state index contributed by atoms with van der Waals surface area (Å²) in [6.07, 6.45) is 0.622. The van der Waals surface area contributed by atoms with Gasteiger partial charge in [0.15, 0.2) is 13.1 Å². The van der Waals surface area contributed by atoms with Gasteiger partial charge in [0.2, 0.25) is 0 Å². The molecule has 0 unspecified atom stereocenters. The molecule has 1 nitrogen and oxygen atoms in total. The normalized spacial score (nSPS) is 27.6. The Morgan fingerprint density at radius 2 is 2.30 bits per heavy atom. The molecule has 1 aliphatic heterocycles. The highest BCUT2D eigenvalue weighted by atomic mass is 19.1. The van der Waals surface area contributed by atoms with Crippen LogP contribution in [0.5, 0.6) is 0 Å². The molecule has 0 spiro atoms. The molecule has 0 amide bonds. The van der Waals surface area contributed by atoms with Crippen molar-refractivity contribution in [2.75, 3.05) is 6.61 Å². The zero-order valence-corrected chi connectivity index (χ0v) is 6.64. The molecule has 1 fully saturated rings. The van der Waals surface area contributed by atoms with Gasteiger partial charge in [0.1, 0.15) is 0 Å². The minimum Gasteiger partial charge on any atom is -0.349 e. The van der Waals surface area contributed by atoms with Crippen LogP contribution in [-0.2, 0) is 4.74 Å². The summed E-state index contributed by atoms with van der Waals surface area (Å²) in [6, 6.07) is 0. The van der Waals surface area contributed by atoms with Crippen LogP contribution < -0.4 is 0 Å². The molecule has 58 valence electrons. The van der Waals surface area contributed by atoms with Gasteiger partial charge in [-0.25, -0.2) is 4.39 Å². The van der Waals surface area contributed by atoms with Gasteiger partial charge in [-0.05, 0) is 12.6 Å². The van der Waals surface area contributed by atoms with Crippen molar-refractivity contribution in [3.05, 3.63) is 0 Å². The number of alkyl halides is 1. The second kappa shape index (κ2) is 3.38. The van der Waals surface area contributed by atoms with Gasteiger partial charge in [-0.3, -0.25) is 0 Å². The Labute approximate surface area is 62.0 Å². The van der Waals surface area contributed by atoms with Gasteiger partial charge in [-0.15, -0.1) is 0 Å². The van der Waals surface area contributed by atoms with Gasteiger partial charge in [-0.1, -0.05) is 19.7 Å². The molecule has 0 saturated carbocycles. The molecular weight excluding hydrogens is 130 g/mol. The average molecular weight is 144 g/mol. The molecule has 1 rings (SSSR count). The zero-order valence-electron chi connectivity index (χ0n) is 6.64. The van der Waals surface area contributed by atoms with Crippen molar-refractivity contribution in [1.29, 1.82) is 0 Å². The fraction of sp³-hybridized carbons (Fsp3) is 1.00. The van der Waals surface area contributed by atoms with Crippen LogP contribution in [0.15, 0.2) is 0 Å². The first-order valence-electron chi connectivity index (χ1n) is 3.96. The van der Waals surface area contributed by atoms with Crippen molar-refractivity contribution in [2.24, 2.45) is 0 Å². The van der Waals surface area contributed by atoms with E-state index in [9.17, 15) is 4.39 Å². The first-order valence-corrected chi connectivity index (χ1v) is 3.96. The molecule has 0 radical (unpaired) electrons. The number of rotatable bonds is 1. The molecule has 0 bridgehead atoms. The van der Waals surface area contributed by atoms with Gasteiger partial charge < -0.3 is 4.74 Å². The van der Waals surface area contributed by atoms with Gasteiger partial charge in [0.05, 0.1) is 0 Å². The third-order valence-electron chi connectivity index (χ3n) is 2.22. The molecule has 0 aliphatic carbocycles. The Morgan fingerprint density at radius 3 is 2.70 bits per heavy atom. The van der Waals surface area contributed by atoms with E-state index in [1.165, 1.54) is 0 Å². The van der Waals surface area contributed by atoms with Crippen LogP contribution in [0.2, 0.25) is 18.5 Å². The predicted octanol–water partition coefficient (Wildman–Crippen LogP) is 2.22. The van der Waals surface area contributed by atoms with Gasteiger partial charge in [0, 0.05) is 6.61 Å². The van der Waals surface area contributed by atoms with Crippen LogP contribution in [0.4, 0.5) is 4.39 Å². The van der Waals surface area contributed by atoms with Gasteiger partial charge in [0.25, 0.3) is 0 Å². The number of hydrogen-bond donors (Lipinski definition) is 0. The molecule has 1 atom stereocenters. The van der Waals surface area contributed by atoms with Crippen LogP contribution >= 0.6 is 0 Å². The maximum absolute atomic E-state index is 12.6. The summed E-state index contributed by atoms with van der Waals surface area (Å²) in [6.45, 7) is 5.42. The maximum Gasteiger partial charge on any atom is 0.192 e. The van der Waals surface area contributed by atoms with Gasteiger partial charge >= 0.3 is 0 Å². The Morgan fingerprint density at radius 1 is 1.60 bits per heavy atom. The summed E-state index contributed by atoms with van der Waals surface area (Å²) in [5, 5.41) is 0. The van der Waals surface area contributed by atoms with Crippen LogP contribution in [0.3, 0.4) is 0 Å². The van der Waals surface area contributed by atoms with E-state index in [-0.39, 0.29) is 0 Å². The maximum atomic E-state index is 12.6. The van der Waals surface area contributed by atoms with Crippen LogP contribution in [0, 0.1) is 0 Å². The van der Waals surface area contributed by atoms with Crippen LogP contribution in [-0.4, -0.2) is 19.7 Å². The van der Waals surface area contributed by atoms with Crippen molar-refractivity contribution >= 4 is 6.71 Å². The first-order chi connectivity index (χ1) is 4.70. The molecule has 0 N–H and O–H groups in total. The highest BCUT2D eigenvalue weighted by molar-refractivity contribution is 6.60. The van der Waals surface area contributed by atoms with E-state index in [2.05, 4.69) is 13.8 Å². The Hall–Kier alpha value is -0.0451. The summed E-state index contributed by atoms with van der Waals surface area (Å²) < 4.78 is 17.4. The topological polar surface area (TPSA) is 9.23 Å². The summed E-state index contributed by atoms with van der Waals surface area (Å²) in [5.41, 5.74) is 0. The summed E-state index contributed by atoms with van der Waals surface area (Å²) >= 11 is 0. The molecule has 10 heavy (non-hydrogen) atoms. The van der Waals surface area contributed by atoms with E-state index in [1.807, 2.05) is 0 Å². The fourth-order valence-corrected chi connectivity index (χ4v) is 1.38. The van der Waals surface area contributed by atoms with Crippen LogP contribution in [0.1, 0.15) is 13.8 Å². The molecular formula is C7H14BFO. The smallest absolute Gasteiger partial charge is 0.192 e. The zero-order chi connectivity index (χ0) is 7.56. The predicted molar refractivity (Wildman–Crippen MR) is 41.3 cm³/mol. The first kappa shape index (κ1) is 8.06. The van der Waals surface area contributed by atoms with E-state index in [0.29, 0.717) is 25.5 Å². The number of ether oxygens (including phenoxy) is 1. The fourth-order valence-electron chi connectivity index (χ4n) is 1.38. The Kier molecular flexibility index (Phi) is 2.72. The number of halogens is 1. The third kappa shape index (κ3) is 1.98. The minimum absolute atomic E-state index is 0.531. The lowest BCUT2D eigenvalue weighted by Crippen LogP contribution is -2.30. The van der Waals surface area contributed by atoms with E-state index < -0.39 is 6.36 Å². The summed E-state index contributed by atoms with van der Waals surface area (Å²) in [5.74, 6) is 0.599. The minimum atomic E-state index is -0.999. The van der Waals surface area contributed by atoms with E-state index in [1.54, 1.807) is 0 Å². The van der Waals surface area contributed by atoms with E-state index in [4.69, 9.17) is 4.74 Å². The lowest BCUT2D eigenvalue weighted by molar-refractivity contribution is -0.0263. The molecule has 0 aromatic heterocycles. The van der Waals surface area contributed by atoms with E-state index in [0.717, 1.165) is 6.32 Å². The van der Waals surface area contributed by atoms with Crippen LogP contribution in [0.25, 0.3) is 0 Å². The van der Waals surface area contributed by atoms with Crippen molar-refractivity contribution in [2.45, 2.75) is 38.7 Å². The second-order valence-electron chi connectivity index (χ2n) is 3.31. The standard InChI is InChI=1S/C7H14BFO/c1-6(2)8-3-4-10-7(9)5-8/h6-7H,3-5H2,1-2H3/t7-/m0/s1. The highest BCUT2D eigenvalue weighted by Crippen LogP contribution is 2.23. The highest BCUT2D eigenvalue weighted by Gasteiger charge is 2.27. The molecule has 3 heteroatoms. The van der Waals surface area contributed by atoms with Crippen molar-refractivity contribution in [3.63, 3.8) is 0 Å². The van der Waals surface area contributed by atoms with Crippen molar-refractivity contribution < 1.29 is 9.13 Å².